The second-order valence-electron chi connectivity index (χ2n) is 10.2. The number of rotatable bonds is 6. The number of fused-ring (bicyclic) bond motifs is 2. The van der Waals surface area contributed by atoms with Crippen LogP contribution in [0.1, 0.15) is 31.7 Å². The lowest BCUT2D eigenvalue weighted by molar-refractivity contribution is -0.665. The minimum atomic E-state index is 0.987. The van der Waals surface area contributed by atoms with Crippen LogP contribution in [0.2, 0.25) is 0 Å². The molecule has 0 atom stereocenters. The van der Waals surface area contributed by atoms with Gasteiger partial charge in [0.15, 0.2) is 0 Å². The summed E-state index contributed by atoms with van der Waals surface area (Å²) in [5, 5.41) is 2.66. The molecule has 3 heterocycles. The Morgan fingerprint density at radius 2 is 1.68 bits per heavy atom. The molecule has 1 saturated heterocycles. The van der Waals surface area contributed by atoms with Crippen LogP contribution in [0.4, 0.5) is 5.69 Å². The zero-order valence-corrected chi connectivity index (χ0v) is 24.3. The van der Waals surface area contributed by atoms with E-state index >= 15 is 0 Å². The fourth-order valence-corrected chi connectivity index (χ4v) is 8.08. The van der Waals surface area contributed by atoms with Crippen molar-refractivity contribution in [3.05, 3.63) is 93.6 Å². The number of aromatic nitrogens is 1. The second kappa shape index (κ2) is 11.1. The molecule has 0 amide bonds. The van der Waals surface area contributed by atoms with Crippen molar-refractivity contribution in [1.82, 2.24) is 9.80 Å². The van der Waals surface area contributed by atoms with Gasteiger partial charge in [0.2, 0.25) is 5.52 Å². The Hall–Kier alpha value is -2.80. The minimum absolute atomic E-state index is 0.987. The number of anilines is 1. The van der Waals surface area contributed by atoms with Gasteiger partial charge in [0.05, 0.1) is 10.7 Å². The molecular formula is C32H37N4S2+. The number of hydrogen-bond acceptors (Lipinski definition) is 5. The smallest absolute Gasteiger partial charge is 0.262 e. The molecule has 3 aromatic rings. The summed E-state index contributed by atoms with van der Waals surface area (Å²) in [5.74, 6) is 0. The molecule has 1 aromatic heterocycles. The quantitative estimate of drug-likeness (QED) is 0.314. The molecule has 0 saturated carbocycles. The first-order valence-electron chi connectivity index (χ1n) is 13.9. The third-order valence-electron chi connectivity index (χ3n) is 7.85. The van der Waals surface area contributed by atoms with E-state index in [-0.39, 0.29) is 0 Å². The molecule has 0 spiro atoms. The molecule has 0 unspecified atom stereocenters. The Kier molecular flexibility index (Phi) is 7.46. The second-order valence-corrected chi connectivity index (χ2v) is 12.3. The molecule has 196 valence electrons. The first kappa shape index (κ1) is 25.5. The van der Waals surface area contributed by atoms with Gasteiger partial charge in [0.1, 0.15) is 11.2 Å². The Morgan fingerprint density at radius 1 is 0.895 bits per heavy atom. The van der Waals surface area contributed by atoms with Crippen molar-refractivity contribution in [1.29, 1.82) is 0 Å². The van der Waals surface area contributed by atoms with Crippen LogP contribution in [0, 0.1) is 0 Å². The zero-order chi connectivity index (χ0) is 26.1. The van der Waals surface area contributed by atoms with E-state index in [2.05, 4.69) is 113 Å². The summed E-state index contributed by atoms with van der Waals surface area (Å²) < 4.78 is 3.80. The summed E-state index contributed by atoms with van der Waals surface area (Å²) in [4.78, 5) is 8.89. The molecule has 0 bridgehead atoms. The number of benzene rings is 2. The van der Waals surface area contributed by atoms with Crippen LogP contribution < -0.4 is 9.47 Å². The number of nitrogens with zero attached hydrogens (tertiary/aromatic N) is 4. The summed E-state index contributed by atoms with van der Waals surface area (Å²) >= 11 is 3.79. The highest BCUT2D eigenvalue weighted by Crippen LogP contribution is 2.46. The molecule has 2 aliphatic heterocycles. The number of thiazole rings is 1. The van der Waals surface area contributed by atoms with E-state index in [1.807, 2.05) is 23.1 Å². The summed E-state index contributed by atoms with van der Waals surface area (Å²) in [6, 6.07) is 17.5. The van der Waals surface area contributed by atoms with Gasteiger partial charge in [0, 0.05) is 55.5 Å². The van der Waals surface area contributed by atoms with Gasteiger partial charge in [-0.05, 0) is 75.2 Å². The SMILES string of the molecule is CCN1C(=CC=C2CCC(C=Cc3sc4ccccc4[n+]3CC)=C2N2CCN(C)CC2)Sc2ccccc21. The maximum atomic E-state index is 2.64. The highest BCUT2D eigenvalue weighted by atomic mass is 32.2. The third-order valence-corrected chi connectivity index (χ3v) is 10.1. The summed E-state index contributed by atoms with van der Waals surface area (Å²) in [6.45, 7) is 10.9. The number of hydrogen-bond donors (Lipinski definition) is 0. The lowest BCUT2D eigenvalue weighted by Crippen LogP contribution is -2.44. The van der Waals surface area contributed by atoms with Gasteiger partial charge in [-0.25, -0.2) is 0 Å². The molecule has 4 nitrogen and oxygen atoms in total. The van der Waals surface area contributed by atoms with Gasteiger partial charge in [-0.3, -0.25) is 0 Å². The number of para-hydroxylation sites is 2. The van der Waals surface area contributed by atoms with Gasteiger partial charge in [0.25, 0.3) is 5.01 Å². The van der Waals surface area contributed by atoms with E-state index in [4.69, 9.17) is 0 Å². The Labute approximate surface area is 235 Å². The van der Waals surface area contributed by atoms with Gasteiger partial charge in [-0.2, -0.15) is 4.57 Å². The monoisotopic (exact) mass is 541 g/mol. The van der Waals surface area contributed by atoms with Crippen LogP contribution in [-0.2, 0) is 6.54 Å². The maximum absolute atomic E-state index is 2.64. The van der Waals surface area contributed by atoms with E-state index in [1.54, 1.807) is 0 Å². The molecule has 6 heteroatoms. The van der Waals surface area contributed by atoms with Crippen molar-refractivity contribution in [2.45, 2.75) is 38.1 Å². The van der Waals surface area contributed by atoms with Gasteiger partial charge in [-0.15, -0.1) is 0 Å². The number of allylic oxidation sites excluding steroid dienone is 5. The average Bonchev–Trinajstić information content (AvgIpc) is 3.63. The third kappa shape index (κ3) is 4.86. The Morgan fingerprint density at radius 3 is 2.50 bits per heavy atom. The van der Waals surface area contributed by atoms with Crippen LogP contribution in [-0.4, -0.2) is 49.6 Å². The van der Waals surface area contributed by atoms with Gasteiger partial charge < -0.3 is 14.7 Å². The first-order chi connectivity index (χ1) is 18.7. The van der Waals surface area contributed by atoms with Crippen LogP contribution in [0.15, 0.2) is 93.5 Å². The Balaban J connectivity index is 1.35. The molecule has 0 radical (unpaired) electrons. The number of likely N-dealkylation sites (N-methyl/N-ethyl adjacent to an activating group) is 1. The van der Waals surface area contributed by atoms with Crippen LogP contribution in [0.25, 0.3) is 16.3 Å². The topological polar surface area (TPSA) is 13.6 Å². The zero-order valence-electron chi connectivity index (χ0n) is 22.7. The predicted molar refractivity (Wildman–Crippen MR) is 164 cm³/mol. The number of aryl methyl sites for hydroxylation is 1. The molecule has 38 heavy (non-hydrogen) atoms. The van der Waals surface area contributed by atoms with Crippen molar-refractivity contribution in [3.8, 4) is 0 Å². The van der Waals surface area contributed by atoms with Gasteiger partial charge >= 0.3 is 0 Å². The van der Waals surface area contributed by atoms with Crippen molar-refractivity contribution >= 4 is 45.1 Å². The average molecular weight is 542 g/mol. The normalized spacial score (nSPS) is 20.7. The van der Waals surface area contributed by atoms with Crippen LogP contribution in [0.3, 0.4) is 0 Å². The van der Waals surface area contributed by atoms with E-state index < -0.39 is 0 Å². The maximum Gasteiger partial charge on any atom is 0.262 e. The lowest BCUT2D eigenvalue weighted by atomic mass is 10.1. The van der Waals surface area contributed by atoms with Crippen molar-refractivity contribution in [2.75, 3.05) is 44.7 Å². The van der Waals surface area contributed by atoms with Crippen molar-refractivity contribution in [3.63, 3.8) is 0 Å². The minimum Gasteiger partial charge on any atom is -0.369 e. The molecule has 1 fully saturated rings. The van der Waals surface area contributed by atoms with Crippen LogP contribution >= 0.6 is 23.1 Å². The molecule has 1 aliphatic carbocycles. The van der Waals surface area contributed by atoms with E-state index in [9.17, 15) is 0 Å². The fraction of sp³-hybridized carbons (Fsp3) is 0.344. The number of piperazine rings is 1. The largest absolute Gasteiger partial charge is 0.369 e. The van der Waals surface area contributed by atoms with Crippen molar-refractivity contribution < 1.29 is 4.57 Å². The highest BCUT2D eigenvalue weighted by Gasteiger charge is 2.27. The standard InChI is InChI=1S/C32H37N4S2/c1-4-35-26-10-6-8-12-28(26)37-30(35)18-16-24-14-15-25(32(24)34-22-20-33(3)21-23-34)17-19-31-36(5-2)27-11-7-9-13-29(27)38-31/h6-13,16-19H,4-5,14-15,20-23H2,1-3H3/q+1. The number of thioether (sulfide) groups is 1. The molecule has 2 aromatic carbocycles. The van der Waals surface area contributed by atoms with Crippen LogP contribution in [0.5, 0.6) is 0 Å². The summed E-state index contributed by atoms with van der Waals surface area (Å²) in [7, 11) is 2.24. The predicted octanol–water partition coefficient (Wildman–Crippen LogP) is 6.92. The molecule has 3 aliphatic rings. The first-order valence-corrected chi connectivity index (χ1v) is 15.5. The van der Waals surface area contributed by atoms with E-state index in [0.717, 1.165) is 52.1 Å². The summed E-state index contributed by atoms with van der Waals surface area (Å²) in [6.07, 6.45) is 11.8. The molecule has 0 N–H and O–H groups in total. The fourth-order valence-electron chi connectivity index (χ4n) is 5.82. The summed E-state index contributed by atoms with van der Waals surface area (Å²) in [5.41, 5.74) is 7.10. The highest BCUT2D eigenvalue weighted by molar-refractivity contribution is 8.03. The van der Waals surface area contributed by atoms with Gasteiger partial charge in [-0.1, -0.05) is 53.4 Å². The van der Waals surface area contributed by atoms with E-state index in [0.29, 0.717) is 0 Å². The van der Waals surface area contributed by atoms with E-state index in [1.165, 1.54) is 47.7 Å². The molecular weight excluding hydrogens is 505 g/mol. The van der Waals surface area contributed by atoms with Crippen molar-refractivity contribution in [2.24, 2.45) is 0 Å². The Bertz CT molecular complexity index is 1450. The molecule has 6 rings (SSSR count). The lowest BCUT2D eigenvalue weighted by Gasteiger charge is -2.36.